The largest absolute Gasteiger partial charge is 0.322 e. The molecular weight excluding hydrogens is 341 g/mol. The number of rotatable bonds is 3. The number of anilines is 1. The Morgan fingerprint density at radius 3 is 3.04 bits per heavy atom. The Hall–Kier alpha value is -3.37. The van der Waals surface area contributed by atoms with Gasteiger partial charge in [0.05, 0.1) is 17.4 Å². The lowest BCUT2D eigenvalue weighted by molar-refractivity contribution is 0.205. The molecule has 1 aromatic carbocycles. The second kappa shape index (κ2) is 6.50. The lowest BCUT2D eigenvalue weighted by atomic mass is 10.2. The van der Waals surface area contributed by atoms with Gasteiger partial charge < -0.3 is 10.2 Å². The van der Waals surface area contributed by atoms with E-state index in [-0.39, 0.29) is 11.7 Å². The number of halogens is 1. The minimum atomic E-state index is -0.542. The van der Waals surface area contributed by atoms with Gasteiger partial charge in [-0.05, 0) is 48.4 Å². The van der Waals surface area contributed by atoms with Crippen molar-refractivity contribution in [2.24, 2.45) is 0 Å². The Morgan fingerprint density at radius 1 is 1.42 bits per heavy atom. The molecule has 0 unspecified atom stereocenters. The van der Waals surface area contributed by atoms with E-state index in [4.69, 9.17) is 0 Å². The number of aryl methyl sites for hydroxylation is 1. The van der Waals surface area contributed by atoms with E-state index in [9.17, 15) is 9.18 Å². The maximum absolute atomic E-state index is 14.2. The van der Waals surface area contributed by atoms with E-state index in [0.29, 0.717) is 23.9 Å². The summed E-state index contributed by atoms with van der Waals surface area (Å²) in [5, 5.41) is 20.4. The number of H-pyrrole nitrogens is 1. The molecule has 0 spiro atoms. The molecule has 1 aliphatic rings. The van der Waals surface area contributed by atoms with Crippen LogP contribution < -0.4 is 5.32 Å². The van der Waals surface area contributed by atoms with Crippen LogP contribution in [0.1, 0.15) is 30.5 Å². The van der Waals surface area contributed by atoms with Gasteiger partial charge in [-0.1, -0.05) is 0 Å². The number of nitrogens with zero attached hydrogens (tertiary/aromatic N) is 7. The highest BCUT2D eigenvalue weighted by molar-refractivity contribution is 5.90. The summed E-state index contributed by atoms with van der Waals surface area (Å²) < 4.78 is 15.5. The zero-order chi connectivity index (χ0) is 18.1. The van der Waals surface area contributed by atoms with Crippen molar-refractivity contribution in [2.45, 2.75) is 25.8 Å². The van der Waals surface area contributed by atoms with Crippen LogP contribution in [-0.4, -0.2) is 52.9 Å². The number of nitrogens with one attached hydrogen (secondary N) is 2. The lowest BCUT2D eigenvalue weighted by Gasteiger charge is -2.23. The predicted octanol–water partition coefficient (Wildman–Crippen LogP) is 1.60. The number of hydrogen-bond acceptors (Lipinski definition) is 6. The average Bonchev–Trinajstić information content (AvgIpc) is 3.37. The van der Waals surface area contributed by atoms with Crippen LogP contribution in [0.4, 0.5) is 14.9 Å². The van der Waals surface area contributed by atoms with E-state index in [1.165, 1.54) is 29.2 Å². The smallest absolute Gasteiger partial charge is 0.314 e. The molecule has 1 saturated heterocycles. The maximum Gasteiger partial charge on any atom is 0.322 e. The minimum absolute atomic E-state index is 0.0554. The van der Waals surface area contributed by atoms with E-state index < -0.39 is 11.8 Å². The lowest BCUT2D eigenvalue weighted by Crippen LogP contribution is -2.35. The highest BCUT2D eigenvalue weighted by Gasteiger charge is 2.33. The number of benzene rings is 1. The number of amides is 2. The molecule has 10 nitrogen and oxygen atoms in total. The van der Waals surface area contributed by atoms with E-state index in [0.717, 1.165) is 12.8 Å². The standard InChI is InChI=1S/C15H16FN9O/c1-9-18-14(21-20-9)13-3-2-6-24(13)15(26)19-12-7-10(4-5-11(12)16)25-8-17-22-23-25/h4-5,7-8,13H,2-3,6H2,1H3,(H,19,26)(H,18,20,21)/t13-/m0/s1. The SMILES string of the molecule is Cc1nc([C@@H]2CCCN2C(=O)Nc2cc(-n3cnnn3)ccc2F)n[nH]1. The molecule has 4 rings (SSSR count). The first-order valence-electron chi connectivity index (χ1n) is 8.11. The fourth-order valence-electron chi connectivity index (χ4n) is 3.01. The number of aromatic amines is 1. The summed E-state index contributed by atoms with van der Waals surface area (Å²) in [7, 11) is 0. The van der Waals surface area contributed by atoms with Gasteiger partial charge in [-0.25, -0.2) is 18.9 Å². The Bertz CT molecular complexity index is 923. The molecule has 3 heterocycles. The number of hydrogen-bond donors (Lipinski definition) is 2. The Labute approximate surface area is 147 Å². The number of carbonyl (C=O) groups is 1. The van der Waals surface area contributed by atoms with Crippen molar-refractivity contribution in [3.63, 3.8) is 0 Å². The predicted molar refractivity (Wildman–Crippen MR) is 87.9 cm³/mol. The number of tetrazole rings is 1. The molecule has 0 radical (unpaired) electrons. The van der Waals surface area contributed by atoms with Gasteiger partial charge in [-0.3, -0.25) is 5.10 Å². The zero-order valence-corrected chi connectivity index (χ0v) is 13.9. The number of urea groups is 1. The average molecular weight is 357 g/mol. The third-order valence-corrected chi connectivity index (χ3v) is 4.23. The van der Waals surface area contributed by atoms with Crippen LogP contribution in [0.5, 0.6) is 0 Å². The second-order valence-electron chi connectivity index (χ2n) is 5.98. The molecule has 26 heavy (non-hydrogen) atoms. The van der Waals surface area contributed by atoms with Crippen LogP contribution in [-0.2, 0) is 0 Å². The normalized spacial score (nSPS) is 16.8. The van der Waals surface area contributed by atoms with E-state index in [2.05, 4.69) is 36.0 Å². The van der Waals surface area contributed by atoms with Gasteiger partial charge in [0.15, 0.2) is 5.82 Å². The van der Waals surface area contributed by atoms with Gasteiger partial charge in [-0.2, -0.15) is 5.10 Å². The Kier molecular flexibility index (Phi) is 4.03. The third-order valence-electron chi connectivity index (χ3n) is 4.23. The molecule has 2 amide bonds. The number of carbonyl (C=O) groups excluding carboxylic acids is 1. The maximum atomic E-state index is 14.2. The van der Waals surface area contributed by atoms with Crippen LogP contribution in [0.3, 0.4) is 0 Å². The van der Waals surface area contributed by atoms with Gasteiger partial charge in [-0.15, -0.1) is 5.10 Å². The monoisotopic (exact) mass is 357 g/mol. The van der Waals surface area contributed by atoms with Gasteiger partial charge in [0.25, 0.3) is 0 Å². The van der Waals surface area contributed by atoms with Gasteiger partial charge in [0, 0.05) is 6.54 Å². The van der Waals surface area contributed by atoms with Crippen LogP contribution in [0, 0.1) is 12.7 Å². The van der Waals surface area contributed by atoms with Crippen molar-refractivity contribution in [3.8, 4) is 5.69 Å². The summed E-state index contributed by atoms with van der Waals surface area (Å²) >= 11 is 0. The first-order chi connectivity index (χ1) is 12.6. The van der Waals surface area contributed by atoms with Crippen molar-refractivity contribution < 1.29 is 9.18 Å². The van der Waals surface area contributed by atoms with Gasteiger partial charge >= 0.3 is 6.03 Å². The molecule has 2 aromatic heterocycles. The van der Waals surface area contributed by atoms with Gasteiger partial charge in [0.2, 0.25) is 0 Å². The molecule has 2 N–H and O–H groups in total. The summed E-state index contributed by atoms with van der Waals surface area (Å²) in [4.78, 5) is 18.6. The van der Waals surface area contributed by atoms with Crippen LogP contribution >= 0.6 is 0 Å². The first-order valence-corrected chi connectivity index (χ1v) is 8.11. The zero-order valence-electron chi connectivity index (χ0n) is 13.9. The van der Waals surface area contributed by atoms with Crippen molar-refractivity contribution in [1.29, 1.82) is 0 Å². The number of aromatic nitrogens is 7. The van der Waals surface area contributed by atoms with E-state index in [1.54, 1.807) is 11.8 Å². The molecule has 1 atom stereocenters. The fraction of sp³-hybridized carbons (Fsp3) is 0.333. The molecular formula is C15H16FN9O. The molecule has 0 bridgehead atoms. The van der Waals surface area contributed by atoms with Crippen molar-refractivity contribution in [2.75, 3.05) is 11.9 Å². The molecule has 1 fully saturated rings. The summed E-state index contributed by atoms with van der Waals surface area (Å²) in [5.41, 5.74) is 0.592. The molecule has 1 aliphatic heterocycles. The third kappa shape index (κ3) is 2.98. The molecule has 134 valence electrons. The Balaban J connectivity index is 1.55. The van der Waals surface area contributed by atoms with Crippen molar-refractivity contribution in [3.05, 3.63) is 42.0 Å². The Morgan fingerprint density at radius 2 is 2.31 bits per heavy atom. The molecule has 3 aromatic rings. The first kappa shape index (κ1) is 16.1. The molecule has 11 heteroatoms. The molecule has 0 saturated carbocycles. The fourth-order valence-corrected chi connectivity index (χ4v) is 3.01. The van der Waals surface area contributed by atoms with Crippen LogP contribution in [0.15, 0.2) is 24.5 Å². The number of likely N-dealkylation sites (tertiary alicyclic amines) is 1. The van der Waals surface area contributed by atoms with Crippen LogP contribution in [0.25, 0.3) is 5.69 Å². The second-order valence-corrected chi connectivity index (χ2v) is 5.98. The van der Waals surface area contributed by atoms with Gasteiger partial charge in [0.1, 0.15) is 18.0 Å². The highest BCUT2D eigenvalue weighted by Crippen LogP contribution is 2.30. The quantitative estimate of drug-likeness (QED) is 0.735. The summed E-state index contributed by atoms with van der Waals surface area (Å²) in [6, 6.07) is 3.63. The van der Waals surface area contributed by atoms with E-state index in [1.807, 2.05) is 0 Å². The topological polar surface area (TPSA) is 118 Å². The van der Waals surface area contributed by atoms with Crippen molar-refractivity contribution >= 4 is 11.7 Å². The van der Waals surface area contributed by atoms with E-state index >= 15 is 0 Å². The summed E-state index contributed by atoms with van der Waals surface area (Å²) in [6.45, 7) is 2.36. The molecule has 0 aliphatic carbocycles. The van der Waals surface area contributed by atoms with Crippen molar-refractivity contribution in [1.82, 2.24) is 40.3 Å². The highest BCUT2D eigenvalue weighted by atomic mass is 19.1. The van der Waals surface area contributed by atoms with Crippen LogP contribution in [0.2, 0.25) is 0 Å². The minimum Gasteiger partial charge on any atom is -0.314 e. The summed E-state index contributed by atoms with van der Waals surface area (Å²) in [5.74, 6) is 0.713. The summed E-state index contributed by atoms with van der Waals surface area (Å²) in [6.07, 6.45) is 2.98.